The number of para-hydroxylation sites is 1. The monoisotopic (exact) mass is 509 g/mol. The summed E-state index contributed by atoms with van der Waals surface area (Å²) in [7, 11) is 4.93. The number of carbonyl (C=O) groups is 2. The van der Waals surface area contributed by atoms with Gasteiger partial charge in [-0.15, -0.1) is 10.2 Å². The lowest BCUT2D eigenvalue weighted by Gasteiger charge is -2.12. The zero-order valence-electron chi connectivity index (χ0n) is 21.1. The van der Waals surface area contributed by atoms with Gasteiger partial charge in [0, 0.05) is 18.8 Å². The molecule has 0 atom stereocenters. The van der Waals surface area contributed by atoms with Crippen molar-refractivity contribution in [2.24, 2.45) is 7.05 Å². The number of amides is 2. The summed E-state index contributed by atoms with van der Waals surface area (Å²) in [5, 5.41) is 14.7. The fourth-order valence-corrected chi connectivity index (χ4v) is 4.22. The van der Waals surface area contributed by atoms with E-state index in [9.17, 15) is 9.59 Å². The highest BCUT2D eigenvalue weighted by Crippen LogP contribution is 2.28. The molecule has 0 aliphatic rings. The van der Waals surface area contributed by atoms with Crippen LogP contribution in [0.25, 0.3) is 6.08 Å². The Hall–Kier alpha value is -3.79. The van der Waals surface area contributed by atoms with Crippen molar-refractivity contribution in [2.75, 3.05) is 25.3 Å². The van der Waals surface area contributed by atoms with E-state index in [1.54, 1.807) is 44.0 Å². The molecule has 3 rings (SSSR count). The summed E-state index contributed by atoms with van der Waals surface area (Å²) in [5.41, 5.74) is 3.80. The van der Waals surface area contributed by atoms with Crippen molar-refractivity contribution < 1.29 is 19.1 Å². The molecule has 10 heteroatoms. The molecule has 9 nitrogen and oxygen atoms in total. The molecule has 0 fully saturated rings. The lowest BCUT2D eigenvalue weighted by atomic mass is 10.1. The minimum atomic E-state index is -0.272. The van der Waals surface area contributed by atoms with Crippen LogP contribution in [0.4, 0.5) is 5.69 Å². The van der Waals surface area contributed by atoms with Gasteiger partial charge in [-0.25, -0.2) is 0 Å². The Morgan fingerprint density at radius 2 is 1.89 bits per heavy atom. The lowest BCUT2D eigenvalue weighted by molar-refractivity contribution is -0.116. The van der Waals surface area contributed by atoms with Crippen LogP contribution in [0.1, 0.15) is 29.4 Å². The molecule has 0 saturated carbocycles. The first-order valence-corrected chi connectivity index (χ1v) is 12.4. The van der Waals surface area contributed by atoms with Crippen LogP contribution in [0.5, 0.6) is 11.5 Å². The van der Waals surface area contributed by atoms with Crippen molar-refractivity contribution in [3.63, 3.8) is 0 Å². The number of nitrogens with one attached hydrogen (secondary N) is 2. The molecule has 190 valence electrons. The molecule has 36 heavy (non-hydrogen) atoms. The molecule has 1 heterocycles. The van der Waals surface area contributed by atoms with E-state index in [-0.39, 0.29) is 24.1 Å². The number of carbonyl (C=O) groups excluding carboxylic acids is 2. The predicted molar refractivity (Wildman–Crippen MR) is 141 cm³/mol. The smallest absolute Gasteiger partial charge is 0.244 e. The Kier molecular flexibility index (Phi) is 9.52. The number of rotatable bonds is 11. The number of aryl methyl sites for hydroxylation is 2. The first-order valence-electron chi connectivity index (χ1n) is 11.4. The quantitative estimate of drug-likeness (QED) is 0.299. The maximum absolute atomic E-state index is 12.5. The maximum atomic E-state index is 12.5. The number of thioether (sulfide) groups is 1. The normalized spacial score (nSPS) is 10.9. The number of hydrogen-bond donors (Lipinski definition) is 2. The van der Waals surface area contributed by atoms with Gasteiger partial charge in [0.25, 0.3) is 0 Å². The molecule has 0 radical (unpaired) electrons. The molecule has 2 amide bonds. The van der Waals surface area contributed by atoms with Crippen LogP contribution in [0.3, 0.4) is 0 Å². The highest BCUT2D eigenvalue weighted by atomic mass is 32.2. The second-order valence-corrected chi connectivity index (χ2v) is 8.87. The van der Waals surface area contributed by atoms with Crippen LogP contribution < -0.4 is 20.1 Å². The summed E-state index contributed by atoms with van der Waals surface area (Å²) in [6, 6.07) is 11.4. The van der Waals surface area contributed by atoms with E-state index in [4.69, 9.17) is 9.47 Å². The van der Waals surface area contributed by atoms with Crippen molar-refractivity contribution in [3.8, 4) is 11.5 Å². The van der Waals surface area contributed by atoms with E-state index in [0.29, 0.717) is 22.5 Å². The molecule has 0 saturated heterocycles. The van der Waals surface area contributed by atoms with Gasteiger partial charge in [0.05, 0.1) is 26.5 Å². The Balaban J connectivity index is 1.52. The summed E-state index contributed by atoms with van der Waals surface area (Å²) >= 11 is 1.29. The molecule has 3 aromatic rings. The summed E-state index contributed by atoms with van der Waals surface area (Å²) in [5.74, 6) is 1.60. The van der Waals surface area contributed by atoms with Gasteiger partial charge in [-0.3, -0.25) is 9.59 Å². The highest BCUT2D eigenvalue weighted by Gasteiger charge is 2.14. The maximum Gasteiger partial charge on any atom is 0.244 e. The second kappa shape index (κ2) is 12.8. The standard InChI is InChI=1S/C26H31N5O4S/c1-6-19-9-7-8-17(2)25(19)28-24(33)16-36-26-30-29-22(31(26)3)15-27-23(32)13-11-18-10-12-20(34-4)21(14-18)35-5/h7-14H,6,15-16H2,1-5H3,(H,27,32)(H,28,33)/b13-11+. The summed E-state index contributed by atoms with van der Waals surface area (Å²) in [6.45, 7) is 4.24. The van der Waals surface area contributed by atoms with Crippen molar-refractivity contribution in [2.45, 2.75) is 32.0 Å². The average Bonchev–Trinajstić information content (AvgIpc) is 3.24. The van der Waals surface area contributed by atoms with Gasteiger partial charge >= 0.3 is 0 Å². The Bertz CT molecular complexity index is 1260. The van der Waals surface area contributed by atoms with Gasteiger partial charge in [0.15, 0.2) is 22.5 Å². The minimum Gasteiger partial charge on any atom is -0.493 e. The van der Waals surface area contributed by atoms with E-state index in [2.05, 4.69) is 27.8 Å². The van der Waals surface area contributed by atoms with Crippen molar-refractivity contribution >= 4 is 35.3 Å². The largest absolute Gasteiger partial charge is 0.493 e. The third-order valence-electron chi connectivity index (χ3n) is 5.52. The fourth-order valence-electron chi connectivity index (χ4n) is 3.49. The number of methoxy groups -OCH3 is 2. The SMILES string of the molecule is CCc1cccc(C)c1NC(=O)CSc1nnc(CNC(=O)/C=C/c2ccc(OC)c(OC)c2)n1C. The third kappa shape index (κ3) is 6.88. The molecule has 1 aromatic heterocycles. The molecular weight excluding hydrogens is 478 g/mol. The molecule has 2 aromatic carbocycles. The topological polar surface area (TPSA) is 107 Å². The molecule has 0 aliphatic heterocycles. The Labute approximate surface area is 215 Å². The Morgan fingerprint density at radius 1 is 1.11 bits per heavy atom. The number of benzene rings is 2. The van der Waals surface area contributed by atoms with E-state index in [1.807, 2.05) is 31.2 Å². The van der Waals surface area contributed by atoms with E-state index in [0.717, 1.165) is 28.8 Å². The minimum absolute atomic E-state index is 0.109. The summed E-state index contributed by atoms with van der Waals surface area (Å²) in [4.78, 5) is 24.8. The van der Waals surface area contributed by atoms with Gasteiger partial charge in [-0.2, -0.15) is 0 Å². The second-order valence-electron chi connectivity index (χ2n) is 7.92. The van der Waals surface area contributed by atoms with Crippen LogP contribution in [0.15, 0.2) is 47.6 Å². The van der Waals surface area contributed by atoms with Gasteiger partial charge in [0.1, 0.15) is 0 Å². The Morgan fingerprint density at radius 3 is 2.61 bits per heavy atom. The zero-order valence-corrected chi connectivity index (χ0v) is 21.9. The van der Waals surface area contributed by atoms with Crippen molar-refractivity contribution in [1.82, 2.24) is 20.1 Å². The molecule has 0 unspecified atom stereocenters. The average molecular weight is 510 g/mol. The number of ether oxygens (including phenoxy) is 2. The van der Waals surface area contributed by atoms with Gasteiger partial charge in [-0.1, -0.05) is 43.0 Å². The van der Waals surface area contributed by atoms with Gasteiger partial charge < -0.3 is 24.7 Å². The van der Waals surface area contributed by atoms with Gasteiger partial charge in [0.2, 0.25) is 11.8 Å². The molecule has 2 N–H and O–H groups in total. The third-order valence-corrected chi connectivity index (χ3v) is 6.54. The van der Waals surface area contributed by atoms with Crippen LogP contribution in [-0.4, -0.2) is 46.6 Å². The van der Waals surface area contributed by atoms with Crippen LogP contribution in [0.2, 0.25) is 0 Å². The summed E-state index contributed by atoms with van der Waals surface area (Å²) in [6.07, 6.45) is 3.96. The lowest BCUT2D eigenvalue weighted by Crippen LogP contribution is -2.22. The van der Waals surface area contributed by atoms with Crippen LogP contribution in [-0.2, 0) is 29.6 Å². The first-order chi connectivity index (χ1) is 17.4. The number of hydrogen-bond acceptors (Lipinski definition) is 7. The number of aromatic nitrogens is 3. The van der Waals surface area contributed by atoms with Gasteiger partial charge in [-0.05, 0) is 48.2 Å². The predicted octanol–water partition coefficient (Wildman–Crippen LogP) is 3.76. The zero-order chi connectivity index (χ0) is 26.1. The molecule has 0 bridgehead atoms. The molecular formula is C26H31N5O4S. The van der Waals surface area contributed by atoms with E-state index < -0.39 is 0 Å². The van der Waals surface area contributed by atoms with Crippen molar-refractivity contribution in [3.05, 3.63) is 65.0 Å². The fraction of sp³-hybridized carbons (Fsp3) is 0.308. The highest BCUT2D eigenvalue weighted by molar-refractivity contribution is 7.99. The van der Waals surface area contributed by atoms with Crippen molar-refractivity contribution in [1.29, 1.82) is 0 Å². The van der Waals surface area contributed by atoms with Crippen LogP contribution >= 0.6 is 11.8 Å². The first kappa shape index (κ1) is 26.8. The van der Waals surface area contributed by atoms with E-state index >= 15 is 0 Å². The molecule has 0 spiro atoms. The van der Waals surface area contributed by atoms with Crippen LogP contribution in [0, 0.1) is 6.92 Å². The summed E-state index contributed by atoms with van der Waals surface area (Å²) < 4.78 is 12.3. The van der Waals surface area contributed by atoms with E-state index in [1.165, 1.54) is 17.8 Å². The number of anilines is 1. The molecule has 0 aliphatic carbocycles. The number of nitrogens with zero attached hydrogens (tertiary/aromatic N) is 3.